The van der Waals surface area contributed by atoms with Crippen LogP contribution in [0, 0.1) is 5.92 Å². The van der Waals surface area contributed by atoms with E-state index in [4.69, 9.17) is 8.83 Å². The first-order valence-corrected chi connectivity index (χ1v) is 9.25. The van der Waals surface area contributed by atoms with Crippen LogP contribution in [0.2, 0.25) is 0 Å². The van der Waals surface area contributed by atoms with Crippen LogP contribution in [0.5, 0.6) is 5.75 Å². The Morgan fingerprint density at radius 1 is 1.21 bits per heavy atom. The van der Waals surface area contributed by atoms with Crippen LogP contribution in [0.1, 0.15) is 47.9 Å². The van der Waals surface area contributed by atoms with Crippen LogP contribution < -0.4 is 5.63 Å². The Morgan fingerprint density at radius 2 is 1.93 bits per heavy atom. The summed E-state index contributed by atoms with van der Waals surface area (Å²) in [4.78, 5) is 23.5. The van der Waals surface area contributed by atoms with Crippen molar-refractivity contribution in [2.24, 2.45) is 5.92 Å². The van der Waals surface area contributed by atoms with Gasteiger partial charge in [0.15, 0.2) is 5.56 Å². The van der Waals surface area contributed by atoms with Gasteiger partial charge in [0.1, 0.15) is 22.7 Å². The molecule has 1 atom stereocenters. The van der Waals surface area contributed by atoms with Crippen molar-refractivity contribution in [3.8, 4) is 5.75 Å². The molecule has 0 spiro atoms. The van der Waals surface area contributed by atoms with Gasteiger partial charge in [-0.1, -0.05) is 25.8 Å². The van der Waals surface area contributed by atoms with Crippen LogP contribution >= 0.6 is 0 Å². The molecule has 0 amide bonds. The quantitative estimate of drug-likeness (QED) is 0.466. The molecule has 0 aliphatic heterocycles. The first kappa shape index (κ1) is 19.3. The van der Waals surface area contributed by atoms with E-state index in [2.05, 4.69) is 13.0 Å². The number of carbonyl (C=O) groups excluding carboxylic acids is 1. The number of furan rings is 1. The van der Waals surface area contributed by atoms with E-state index >= 15 is 0 Å². The minimum atomic E-state index is -5.31. The lowest BCUT2D eigenvalue weighted by atomic mass is 9.88. The number of Topliss-reactive ketones (excluding diaryl/α,β-unsaturated/α-hetero) is 1. The number of benzene rings is 1. The summed E-state index contributed by atoms with van der Waals surface area (Å²) in [6.07, 6.45) is 2.44. The Kier molecular flexibility index (Phi) is 4.52. The van der Waals surface area contributed by atoms with Crippen LogP contribution in [0.15, 0.2) is 31.8 Å². The van der Waals surface area contributed by atoms with Gasteiger partial charge >= 0.3 is 11.8 Å². The smallest absolute Gasteiger partial charge is 0.455 e. The molecule has 2 aromatic heterocycles. The molecule has 8 heteroatoms. The van der Waals surface area contributed by atoms with E-state index in [1.807, 2.05) is 6.08 Å². The molecule has 0 saturated carbocycles. The van der Waals surface area contributed by atoms with E-state index in [0.29, 0.717) is 29.1 Å². The van der Waals surface area contributed by atoms with Crippen LogP contribution in [-0.4, -0.2) is 17.1 Å². The number of hydrogen-bond acceptors (Lipinski definition) is 5. The third-order valence-electron chi connectivity index (χ3n) is 5.22. The zero-order valence-electron chi connectivity index (χ0n) is 15.4. The summed E-state index contributed by atoms with van der Waals surface area (Å²) in [5.74, 6) is -2.55. The lowest BCUT2D eigenvalue weighted by molar-refractivity contribution is -0.0888. The standard InChI is InChI=1S/C21H17F3O5/c1-2-3-4-10-5-6-14-11(7-10)12-8-13-16(9-15(12)28-14)29-20(27)17(18(13)25)19(26)21(22,23)24/h5-6,8-10,25H,2-4,7H2,1H3. The van der Waals surface area contributed by atoms with Crippen molar-refractivity contribution in [1.29, 1.82) is 0 Å². The molecule has 0 saturated heterocycles. The SMILES string of the molecule is CCCCC1C=Cc2oc3cc4oc(=O)c(C(=O)C(F)(F)F)c(O)c4cc3c2C1. The zero-order valence-corrected chi connectivity index (χ0v) is 15.4. The molecule has 0 fully saturated rings. The summed E-state index contributed by atoms with van der Waals surface area (Å²) < 4.78 is 49.1. The van der Waals surface area contributed by atoms with E-state index in [9.17, 15) is 27.9 Å². The highest BCUT2D eigenvalue weighted by molar-refractivity contribution is 6.07. The lowest BCUT2D eigenvalue weighted by Crippen LogP contribution is -2.28. The van der Waals surface area contributed by atoms with E-state index in [1.165, 1.54) is 12.1 Å². The van der Waals surface area contributed by atoms with E-state index in [1.54, 1.807) is 0 Å². The average molecular weight is 406 g/mol. The van der Waals surface area contributed by atoms with Crippen molar-refractivity contribution in [2.75, 3.05) is 0 Å². The number of hydrogen-bond donors (Lipinski definition) is 1. The van der Waals surface area contributed by atoms with Crippen molar-refractivity contribution in [1.82, 2.24) is 0 Å². The predicted molar refractivity (Wildman–Crippen MR) is 100 cm³/mol. The fourth-order valence-electron chi connectivity index (χ4n) is 3.75. The normalized spacial score (nSPS) is 16.5. The molecule has 4 rings (SSSR count). The maximum Gasteiger partial charge on any atom is 0.455 e. The molecule has 1 unspecified atom stereocenters. The number of allylic oxidation sites excluding steroid dienone is 1. The molecular weight excluding hydrogens is 389 g/mol. The second kappa shape index (κ2) is 6.79. The minimum Gasteiger partial charge on any atom is -0.506 e. The van der Waals surface area contributed by atoms with Crippen molar-refractivity contribution >= 4 is 33.8 Å². The molecule has 2 heterocycles. The summed E-state index contributed by atoms with van der Waals surface area (Å²) in [5.41, 5.74) is -1.85. The van der Waals surface area contributed by atoms with Crippen molar-refractivity contribution in [2.45, 2.75) is 38.8 Å². The number of carbonyl (C=O) groups is 1. The molecule has 29 heavy (non-hydrogen) atoms. The maximum absolute atomic E-state index is 12.8. The molecular formula is C21H17F3O5. The van der Waals surface area contributed by atoms with Crippen LogP contribution in [0.25, 0.3) is 28.0 Å². The fraction of sp³-hybridized carbons (Fsp3) is 0.333. The molecule has 0 radical (unpaired) electrons. The van der Waals surface area contributed by atoms with E-state index in [0.717, 1.165) is 24.8 Å². The fourth-order valence-corrected chi connectivity index (χ4v) is 3.75. The number of aromatic hydroxyl groups is 1. The number of unbranched alkanes of at least 4 members (excludes halogenated alkanes) is 1. The number of alkyl halides is 3. The largest absolute Gasteiger partial charge is 0.506 e. The number of rotatable bonds is 4. The van der Waals surface area contributed by atoms with Crippen molar-refractivity contribution in [3.05, 3.63) is 45.5 Å². The van der Waals surface area contributed by atoms with Crippen LogP contribution in [0.4, 0.5) is 13.2 Å². The lowest BCUT2D eigenvalue weighted by Gasteiger charge is -2.15. The summed E-state index contributed by atoms with van der Waals surface area (Å²) >= 11 is 0. The van der Waals surface area contributed by atoms with Crippen molar-refractivity contribution in [3.63, 3.8) is 0 Å². The molecule has 1 N–H and O–H groups in total. The minimum absolute atomic E-state index is 0.145. The predicted octanol–water partition coefficient (Wildman–Crippen LogP) is 5.37. The Hall–Kier alpha value is -3.03. The highest BCUT2D eigenvalue weighted by atomic mass is 19.4. The van der Waals surface area contributed by atoms with Gasteiger partial charge in [-0.25, -0.2) is 4.79 Å². The summed E-state index contributed by atoms with van der Waals surface area (Å²) in [5, 5.41) is 10.8. The average Bonchev–Trinajstić information content (AvgIpc) is 3.01. The Labute approximate surface area is 162 Å². The summed E-state index contributed by atoms with van der Waals surface area (Å²) in [7, 11) is 0. The second-order valence-corrected chi connectivity index (χ2v) is 7.19. The Morgan fingerprint density at radius 3 is 2.62 bits per heavy atom. The van der Waals surface area contributed by atoms with Crippen LogP contribution in [0.3, 0.4) is 0 Å². The number of ketones is 1. The monoisotopic (exact) mass is 406 g/mol. The van der Waals surface area contributed by atoms with Gasteiger partial charge in [0.25, 0.3) is 5.78 Å². The van der Waals surface area contributed by atoms with Gasteiger partial charge in [-0.05, 0) is 30.9 Å². The van der Waals surface area contributed by atoms with Gasteiger partial charge in [0, 0.05) is 17.0 Å². The molecule has 1 aliphatic carbocycles. The van der Waals surface area contributed by atoms with E-state index in [-0.39, 0.29) is 11.0 Å². The highest BCUT2D eigenvalue weighted by Gasteiger charge is 2.43. The number of halogens is 3. The zero-order chi connectivity index (χ0) is 20.9. The first-order valence-electron chi connectivity index (χ1n) is 9.25. The Balaban J connectivity index is 1.89. The second-order valence-electron chi connectivity index (χ2n) is 7.19. The third kappa shape index (κ3) is 3.22. The van der Waals surface area contributed by atoms with E-state index < -0.39 is 28.9 Å². The van der Waals surface area contributed by atoms with Gasteiger partial charge in [-0.2, -0.15) is 13.2 Å². The van der Waals surface area contributed by atoms with Gasteiger partial charge in [-0.3, -0.25) is 4.79 Å². The van der Waals surface area contributed by atoms with Gasteiger partial charge in [-0.15, -0.1) is 0 Å². The first-order chi connectivity index (χ1) is 13.7. The van der Waals surface area contributed by atoms with Crippen LogP contribution in [-0.2, 0) is 6.42 Å². The molecule has 3 aromatic rings. The maximum atomic E-state index is 12.8. The summed E-state index contributed by atoms with van der Waals surface area (Å²) in [6.45, 7) is 2.10. The molecule has 152 valence electrons. The molecule has 5 nitrogen and oxygen atoms in total. The molecule has 1 aliphatic rings. The third-order valence-corrected chi connectivity index (χ3v) is 5.22. The van der Waals surface area contributed by atoms with Crippen molar-refractivity contribution < 1.29 is 31.9 Å². The number of fused-ring (bicyclic) bond motifs is 4. The van der Waals surface area contributed by atoms with Gasteiger partial charge < -0.3 is 13.9 Å². The highest BCUT2D eigenvalue weighted by Crippen LogP contribution is 2.39. The van der Waals surface area contributed by atoms with Gasteiger partial charge in [0.2, 0.25) is 0 Å². The topological polar surface area (TPSA) is 80.7 Å². The molecule has 1 aromatic carbocycles. The van der Waals surface area contributed by atoms with Gasteiger partial charge in [0.05, 0.1) is 5.39 Å². The Bertz CT molecular complexity index is 1210. The summed E-state index contributed by atoms with van der Waals surface area (Å²) in [6, 6.07) is 2.76. The molecule has 0 bridgehead atoms.